The zero-order chi connectivity index (χ0) is 5.28. The van der Waals surface area contributed by atoms with Gasteiger partial charge < -0.3 is 5.73 Å². The molecule has 3 nitrogen and oxygen atoms in total. The molecule has 0 atom stereocenters. The Bertz CT molecular complexity index is 146. The molecule has 54 valence electrons. The molecule has 1 aromatic rings. The van der Waals surface area contributed by atoms with Crippen LogP contribution in [0.5, 0.6) is 0 Å². The molecule has 0 spiro atoms. The maximum Gasteiger partial charge on any atom is 0.0719 e. The second kappa shape index (κ2) is 4.47. The fourth-order valence-electron chi connectivity index (χ4n) is 0.440. The second-order valence-corrected chi connectivity index (χ2v) is 1.45. The first-order valence-electron chi connectivity index (χ1n) is 2.03. The van der Waals surface area contributed by atoms with E-state index in [9.17, 15) is 0 Å². The van der Waals surface area contributed by atoms with Gasteiger partial charge in [-0.15, -0.1) is 24.8 Å². The number of aryl methyl sites for hydroxylation is 1. The number of halogens is 2. The molecule has 1 rings (SSSR count). The van der Waals surface area contributed by atoms with Crippen LogP contribution in [-0.4, -0.2) is 9.78 Å². The largest absolute Gasteiger partial charge is 0.396 e. The predicted molar refractivity (Wildman–Crippen MR) is 42.1 cm³/mol. The lowest BCUT2D eigenvalue weighted by molar-refractivity contribution is 0.768. The van der Waals surface area contributed by atoms with Crippen LogP contribution in [-0.2, 0) is 7.05 Å². The minimum atomic E-state index is 0. The van der Waals surface area contributed by atoms with Crippen LogP contribution in [0.4, 0.5) is 5.69 Å². The molecule has 0 fully saturated rings. The summed E-state index contributed by atoms with van der Waals surface area (Å²) in [6.07, 6.45) is 3.36. The number of nitrogens with two attached hydrogens (primary N) is 1. The smallest absolute Gasteiger partial charge is 0.0719 e. The third-order valence-electron chi connectivity index (χ3n) is 0.725. The fourth-order valence-corrected chi connectivity index (χ4v) is 0.440. The summed E-state index contributed by atoms with van der Waals surface area (Å²) in [5.41, 5.74) is 6.01. The molecule has 2 N–H and O–H groups in total. The van der Waals surface area contributed by atoms with Gasteiger partial charge in [-0.2, -0.15) is 5.10 Å². The predicted octanol–water partition coefficient (Wildman–Crippen LogP) is 0.846. The van der Waals surface area contributed by atoms with Crippen LogP contribution in [0.25, 0.3) is 0 Å². The molecule has 9 heavy (non-hydrogen) atoms. The maximum atomic E-state index is 5.30. The topological polar surface area (TPSA) is 43.8 Å². The number of hydrogen-bond acceptors (Lipinski definition) is 2. The van der Waals surface area contributed by atoms with E-state index < -0.39 is 0 Å². The summed E-state index contributed by atoms with van der Waals surface area (Å²) in [4.78, 5) is 0. The van der Waals surface area contributed by atoms with Crippen molar-refractivity contribution in [2.24, 2.45) is 7.05 Å². The highest BCUT2D eigenvalue weighted by molar-refractivity contribution is 5.85. The van der Waals surface area contributed by atoms with Crippen molar-refractivity contribution in [3.63, 3.8) is 0 Å². The van der Waals surface area contributed by atoms with E-state index >= 15 is 0 Å². The Morgan fingerprint density at radius 1 is 1.56 bits per heavy atom. The summed E-state index contributed by atoms with van der Waals surface area (Å²) >= 11 is 0. The lowest BCUT2D eigenvalue weighted by Gasteiger charge is -1.78. The molecule has 0 bridgehead atoms. The summed E-state index contributed by atoms with van der Waals surface area (Å²) in [5, 5.41) is 3.81. The van der Waals surface area contributed by atoms with Crippen LogP contribution < -0.4 is 5.73 Å². The van der Waals surface area contributed by atoms with Crippen molar-refractivity contribution < 1.29 is 0 Å². The molecule has 0 radical (unpaired) electrons. The van der Waals surface area contributed by atoms with Gasteiger partial charge in [-0.3, -0.25) is 4.68 Å². The van der Waals surface area contributed by atoms with Crippen molar-refractivity contribution in [2.75, 3.05) is 5.73 Å². The molecular weight excluding hydrogens is 161 g/mol. The third kappa shape index (κ3) is 3.21. The van der Waals surface area contributed by atoms with Crippen LogP contribution in [0.15, 0.2) is 12.4 Å². The monoisotopic (exact) mass is 169 g/mol. The quantitative estimate of drug-likeness (QED) is 0.627. The summed E-state index contributed by atoms with van der Waals surface area (Å²) in [7, 11) is 1.83. The number of hydrogen-bond donors (Lipinski definition) is 1. The zero-order valence-electron chi connectivity index (χ0n) is 4.94. The van der Waals surface area contributed by atoms with E-state index in [1.54, 1.807) is 17.1 Å². The molecule has 0 aromatic carbocycles. The Hall–Kier alpha value is -0.410. The fraction of sp³-hybridized carbons (Fsp3) is 0.250. The van der Waals surface area contributed by atoms with E-state index in [0.29, 0.717) is 5.69 Å². The molecule has 5 heteroatoms. The molecule has 0 amide bonds. The van der Waals surface area contributed by atoms with Gasteiger partial charge in [0.25, 0.3) is 0 Å². The lowest BCUT2D eigenvalue weighted by atomic mass is 10.6. The highest BCUT2D eigenvalue weighted by atomic mass is 35.5. The Balaban J connectivity index is 0. The molecule has 0 saturated carbocycles. The highest BCUT2D eigenvalue weighted by Gasteiger charge is 1.82. The molecule has 0 aliphatic heterocycles. The van der Waals surface area contributed by atoms with Gasteiger partial charge in [0.1, 0.15) is 0 Å². The van der Waals surface area contributed by atoms with Crippen LogP contribution in [0.2, 0.25) is 0 Å². The van der Waals surface area contributed by atoms with Crippen LogP contribution in [0.1, 0.15) is 0 Å². The van der Waals surface area contributed by atoms with E-state index in [2.05, 4.69) is 5.10 Å². The second-order valence-electron chi connectivity index (χ2n) is 1.45. The van der Waals surface area contributed by atoms with Crippen molar-refractivity contribution in [2.45, 2.75) is 0 Å². The van der Waals surface area contributed by atoms with Gasteiger partial charge in [0.2, 0.25) is 0 Å². The van der Waals surface area contributed by atoms with E-state index in [1.165, 1.54) is 0 Å². The standard InChI is InChI=1S/C4H7N3.2ClH/c1-7-3-4(5)2-6-7;;/h2-3H,5H2,1H3;2*1H. The van der Waals surface area contributed by atoms with E-state index in [1.807, 2.05) is 7.05 Å². The van der Waals surface area contributed by atoms with Gasteiger partial charge in [-0.05, 0) is 0 Å². The molecule has 1 aromatic heterocycles. The number of nitrogens with zero attached hydrogens (tertiary/aromatic N) is 2. The molecule has 0 aliphatic rings. The van der Waals surface area contributed by atoms with Crippen molar-refractivity contribution >= 4 is 30.5 Å². The summed E-state index contributed by atoms with van der Waals surface area (Å²) in [6.45, 7) is 0. The van der Waals surface area contributed by atoms with Gasteiger partial charge in [-0.25, -0.2) is 0 Å². The minimum Gasteiger partial charge on any atom is -0.396 e. The zero-order valence-corrected chi connectivity index (χ0v) is 6.58. The Kier molecular flexibility index (Phi) is 5.66. The lowest BCUT2D eigenvalue weighted by Crippen LogP contribution is -1.84. The molecule has 0 saturated heterocycles. The summed E-state index contributed by atoms with van der Waals surface area (Å²) in [6, 6.07) is 0. The van der Waals surface area contributed by atoms with Gasteiger partial charge in [-0.1, -0.05) is 0 Å². The normalized spacial score (nSPS) is 7.22. The molecule has 1 heterocycles. The molecule has 0 aliphatic carbocycles. The Morgan fingerprint density at radius 2 is 2.11 bits per heavy atom. The summed E-state index contributed by atoms with van der Waals surface area (Å²) in [5.74, 6) is 0. The number of aromatic nitrogens is 2. The van der Waals surface area contributed by atoms with E-state index in [0.717, 1.165) is 0 Å². The Labute approximate surface area is 66.0 Å². The molecule has 0 unspecified atom stereocenters. The van der Waals surface area contributed by atoms with E-state index in [-0.39, 0.29) is 24.8 Å². The van der Waals surface area contributed by atoms with Crippen LogP contribution in [0, 0.1) is 0 Å². The number of nitrogen functional groups attached to an aromatic ring is 1. The summed E-state index contributed by atoms with van der Waals surface area (Å²) < 4.78 is 1.66. The average Bonchev–Trinajstić information content (AvgIpc) is 1.87. The SMILES string of the molecule is Cl.Cl.Cn1cc(N)cn1. The third-order valence-corrected chi connectivity index (χ3v) is 0.725. The van der Waals surface area contributed by atoms with Crippen molar-refractivity contribution in [1.82, 2.24) is 9.78 Å². The van der Waals surface area contributed by atoms with Gasteiger partial charge in [0.15, 0.2) is 0 Å². The average molecular weight is 170 g/mol. The number of anilines is 1. The van der Waals surface area contributed by atoms with Crippen molar-refractivity contribution in [3.8, 4) is 0 Å². The first kappa shape index (κ1) is 11.4. The Morgan fingerprint density at radius 3 is 2.22 bits per heavy atom. The van der Waals surface area contributed by atoms with Crippen molar-refractivity contribution in [1.29, 1.82) is 0 Å². The van der Waals surface area contributed by atoms with E-state index in [4.69, 9.17) is 5.73 Å². The van der Waals surface area contributed by atoms with Crippen molar-refractivity contribution in [3.05, 3.63) is 12.4 Å². The first-order valence-corrected chi connectivity index (χ1v) is 2.03. The first-order chi connectivity index (χ1) is 3.29. The highest BCUT2D eigenvalue weighted by Crippen LogP contribution is 1.92. The minimum absolute atomic E-state index is 0. The maximum absolute atomic E-state index is 5.30. The number of rotatable bonds is 0. The van der Waals surface area contributed by atoms with Gasteiger partial charge in [0, 0.05) is 13.2 Å². The van der Waals surface area contributed by atoms with Gasteiger partial charge in [0.05, 0.1) is 11.9 Å². The molecular formula is C4H9Cl2N3. The van der Waals surface area contributed by atoms with Crippen LogP contribution >= 0.6 is 24.8 Å². The van der Waals surface area contributed by atoms with Crippen LogP contribution in [0.3, 0.4) is 0 Å². The van der Waals surface area contributed by atoms with Gasteiger partial charge >= 0.3 is 0 Å².